The number of ether oxygens (including phenoxy) is 1. The van der Waals surface area contributed by atoms with Gasteiger partial charge in [0.1, 0.15) is 5.75 Å². The number of hydrogen-bond acceptors (Lipinski definition) is 3. The maximum absolute atomic E-state index is 12.6. The lowest BCUT2D eigenvalue weighted by Crippen LogP contribution is -2.41. The van der Waals surface area contributed by atoms with E-state index < -0.39 is 0 Å². The number of benzene rings is 2. The summed E-state index contributed by atoms with van der Waals surface area (Å²) < 4.78 is 5.43. The number of para-hydroxylation sites is 2. The first kappa shape index (κ1) is 19.1. The zero-order valence-electron chi connectivity index (χ0n) is 16.4. The molecule has 2 aromatic carbocycles. The van der Waals surface area contributed by atoms with Crippen LogP contribution < -0.4 is 15.0 Å². The second kappa shape index (κ2) is 8.80. The van der Waals surface area contributed by atoms with Crippen molar-refractivity contribution < 1.29 is 9.53 Å². The Bertz CT molecular complexity index is 750. The van der Waals surface area contributed by atoms with Crippen molar-refractivity contribution in [1.29, 1.82) is 0 Å². The standard InChI is InChI=1S/C22H29N3O2/c1-17(20-11-7-8-12-21(20)27-3)24(2)22(26)23-15-18-13-14-25(16-18)19-9-5-4-6-10-19/h4-12,17-18H,13-16H2,1-3H3,(H,23,26). The van der Waals surface area contributed by atoms with Gasteiger partial charge < -0.3 is 19.9 Å². The first-order valence-electron chi connectivity index (χ1n) is 9.53. The highest BCUT2D eigenvalue weighted by Gasteiger charge is 2.25. The third-order valence-corrected chi connectivity index (χ3v) is 5.44. The summed E-state index contributed by atoms with van der Waals surface area (Å²) in [7, 11) is 3.49. The summed E-state index contributed by atoms with van der Waals surface area (Å²) >= 11 is 0. The second-order valence-electron chi connectivity index (χ2n) is 7.15. The topological polar surface area (TPSA) is 44.8 Å². The van der Waals surface area contributed by atoms with Crippen LogP contribution in [0.3, 0.4) is 0 Å². The molecular formula is C22H29N3O2. The molecule has 1 aliphatic heterocycles. The normalized spacial score (nSPS) is 17.4. The lowest BCUT2D eigenvalue weighted by atomic mass is 10.1. The Morgan fingerprint density at radius 1 is 1.22 bits per heavy atom. The van der Waals surface area contributed by atoms with Gasteiger partial charge in [0.25, 0.3) is 0 Å². The van der Waals surface area contributed by atoms with Gasteiger partial charge in [0.2, 0.25) is 0 Å². The smallest absolute Gasteiger partial charge is 0.317 e. The third-order valence-electron chi connectivity index (χ3n) is 5.44. The maximum atomic E-state index is 12.6. The van der Waals surface area contributed by atoms with E-state index >= 15 is 0 Å². The van der Waals surface area contributed by atoms with Crippen molar-refractivity contribution in [3.05, 3.63) is 60.2 Å². The van der Waals surface area contributed by atoms with Gasteiger partial charge >= 0.3 is 6.03 Å². The van der Waals surface area contributed by atoms with Crippen molar-refractivity contribution in [1.82, 2.24) is 10.2 Å². The van der Waals surface area contributed by atoms with Crippen LogP contribution in [0, 0.1) is 5.92 Å². The largest absolute Gasteiger partial charge is 0.496 e. The first-order valence-corrected chi connectivity index (χ1v) is 9.53. The number of urea groups is 1. The predicted octanol–water partition coefficient (Wildman–Crippen LogP) is 3.92. The number of carbonyl (C=O) groups excluding carboxylic acids is 1. The zero-order valence-corrected chi connectivity index (χ0v) is 16.4. The van der Waals surface area contributed by atoms with E-state index in [0.717, 1.165) is 30.8 Å². The van der Waals surface area contributed by atoms with E-state index in [4.69, 9.17) is 4.74 Å². The summed E-state index contributed by atoms with van der Waals surface area (Å²) in [6.45, 7) is 4.74. The van der Waals surface area contributed by atoms with E-state index in [9.17, 15) is 4.79 Å². The summed E-state index contributed by atoms with van der Waals surface area (Å²) in [6.07, 6.45) is 1.10. The highest BCUT2D eigenvalue weighted by molar-refractivity contribution is 5.74. The van der Waals surface area contributed by atoms with Gasteiger partial charge in [-0.1, -0.05) is 36.4 Å². The summed E-state index contributed by atoms with van der Waals surface area (Å²) in [4.78, 5) is 16.8. The fourth-order valence-corrected chi connectivity index (χ4v) is 3.63. The number of rotatable bonds is 6. The van der Waals surface area contributed by atoms with Crippen molar-refractivity contribution in [2.24, 2.45) is 5.92 Å². The lowest BCUT2D eigenvalue weighted by molar-refractivity contribution is 0.192. The molecule has 3 rings (SSSR count). The summed E-state index contributed by atoms with van der Waals surface area (Å²) in [5.41, 5.74) is 2.27. The van der Waals surface area contributed by atoms with Crippen LogP contribution in [0.1, 0.15) is 24.9 Å². The Hall–Kier alpha value is -2.69. The number of amides is 2. The van der Waals surface area contributed by atoms with Gasteiger partial charge in [-0.05, 0) is 37.5 Å². The molecule has 2 amide bonds. The molecule has 0 spiro atoms. The van der Waals surface area contributed by atoms with Crippen molar-refractivity contribution in [3.63, 3.8) is 0 Å². The Morgan fingerprint density at radius 3 is 2.67 bits per heavy atom. The van der Waals surface area contributed by atoms with Crippen LogP contribution in [0.2, 0.25) is 0 Å². The predicted molar refractivity (Wildman–Crippen MR) is 109 cm³/mol. The van der Waals surface area contributed by atoms with Crippen molar-refractivity contribution in [3.8, 4) is 5.75 Å². The number of methoxy groups -OCH3 is 1. The van der Waals surface area contributed by atoms with Gasteiger partial charge in [-0.2, -0.15) is 0 Å². The molecule has 144 valence electrons. The molecule has 5 heteroatoms. The van der Waals surface area contributed by atoms with Crippen molar-refractivity contribution >= 4 is 11.7 Å². The van der Waals surface area contributed by atoms with E-state index in [0.29, 0.717) is 12.5 Å². The molecule has 0 radical (unpaired) electrons. The van der Waals surface area contributed by atoms with E-state index in [1.54, 1.807) is 12.0 Å². The third kappa shape index (κ3) is 4.54. The number of nitrogens with one attached hydrogen (secondary N) is 1. The molecule has 2 unspecified atom stereocenters. The molecule has 0 saturated carbocycles. The van der Waals surface area contributed by atoms with Crippen LogP contribution in [0.4, 0.5) is 10.5 Å². The monoisotopic (exact) mass is 367 g/mol. The molecule has 2 aromatic rings. The molecule has 0 aromatic heterocycles. The Labute approximate surface area is 161 Å². The molecule has 2 atom stereocenters. The molecule has 0 bridgehead atoms. The van der Waals surface area contributed by atoms with Gasteiger partial charge in [0.15, 0.2) is 0 Å². The molecule has 1 fully saturated rings. The molecule has 1 saturated heterocycles. The Balaban J connectivity index is 1.52. The van der Waals surface area contributed by atoms with Crippen molar-refractivity contribution in [2.75, 3.05) is 38.7 Å². The molecular weight excluding hydrogens is 338 g/mol. The highest BCUT2D eigenvalue weighted by atomic mass is 16.5. The first-order chi connectivity index (χ1) is 13.1. The number of nitrogens with zero attached hydrogens (tertiary/aromatic N) is 2. The number of hydrogen-bond donors (Lipinski definition) is 1. The minimum Gasteiger partial charge on any atom is -0.496 e. The Kier molecular flexibility index (Phi) is 6.22. The average molecular weight is 367 g/mol. The van der Waals surface area contributed by atoms with Crippen LogP contribution in [0.15, 0.2) is 54.6 Å². The van der Waals surface area contributed by atoms with E-state index in [2.05, 4.69) is 34.5 Å². The minimum atomic E-state index is -0.0643. The van der Waals surface area contributed by atoms with Crippen LogP contribution in [-0.4, -0.2) is 44.7 Å². The summed E-state index contributed by atoms with van der Waals surface area (Å²) in [5.74, 6) is 1.28. The quantitative estimate of drug-likeness (QED) is 0.841. The highest BCUT2D eigenvalue weighted by Crippen LogP contribution is 2.28. The van der Waals surface area contributed by atoms with Gasteiger partial charge in [0.05, 0.1) is 13.2 Å². The average Bonchev–Trinajstić information content (AvgIpc) is 3.20. The second-order valence-corrected chi connectivity index (χ2v) is 7.15. The van der Waals surface area contributed by atoms with Gasteiger partial charge in [0, 0.05) is 37.9 Å². The molecule has 1 N–H and O–H groups in total. The maximum Gasteiger partial charge on any atom is 0.317 e. The summed E-state index contributed by atoms with van der Waals surface area (Å²) in [6, 6.07) is 18.2. The van der Waals surface area contributed by atoms with Crippen LogP contribution in [-0.2, 0) is 0 Å². The SMILES string of the molecule is COc1ccccc1C(C)N(C)C(=O)NCC1CCN(c2ccccc2)C1. The van der Waals surface area contributed by atoms with E-state index in [1.165, 1.54) is 5.69 Å². The fraction of sp³-hybridized carbons (Fsp3) is 0.409. The number of anilines is 1. The molecule has 1 heterocycles. The molecule has 0 aliphatic carbocycles. The van der Waals surface area contributed by atoms with Crippen LogP contribution in [0.25, 0.3) is 0 Å². The zero-order chi connectivity index (χ0) is 19.2. The van der Waals surface area contributed by atoms with Crippen molar-refractivity contribution in [2.45, 2.75) is 19.4 Å². The Morgan fingerprint density at radius 2 is 1.93 bits per heavy atom. The molecule has 5 nitrogen and oxygen atoms in total. The van der Waals surface area contributed by atoms with E-state index in [-0.39, 0.29) is 12.1 Å². The molecule has 27 heavy (non-hydrogen) atoms. The lowest BCUT2D eigenvalue weighted by Gasteiger charge is -2.27. The van der Waals surface area contributed by atoms with Crippen LogP contribution >= 0.6 is 0 Å². The molecule has 1 aliphatic rings. The number of carbonyl (C=O) groups is 1. The summed E-state index contributed by atoms with van der Waals surface area (Å²) in [5, 5.41) is 3.10. The van der Waals surface area contributed by atoms with Gasteiger partial charge in [-0.3, -0.25) is 0 Å². The van der Waals surface area contributed by atoms with Crippen LogP contribution in [0.5, 0.6) is 5.75 Å². The fourth-order valence-electron chi connectivity index (χ4n) is 3.63. The van der Waals surface area contributed by atoms with E-state index in [1.807, 2.05) is 44.3 Å². The van der Waals surface area contributed by atoms with Gasteiger partial charge in [-0.25, -0.2) is 4.79 Å². The minimum absolute atomic E-state index is 0.0495. The van der Waals surface area contributed by atoms with Gasteiger partial charge in [-0.15, -0.1) is 0 Å².